The van der Waals surface area contributed by atoms with Gasteiger partial charge < -0.3 is 9.52 Å². The summed E-state index contributed by atoms with van der Waals surface area (Å²) in [6.45, 7) is 1.21. The fraction of sp³-hybridized carbons (Fsp3) is 0.417. The van der Waals surface area contributed by atoms with Gasteiger partial charge in [-0.3, -0.25) is 9.69 Å². The molecule has 19 heavy (non-hydrogen) atoms. The summed E-state index contributed by atoms with van der Waals surface area (Å²) in [7, 11) is 1.90. The van der Waals surface area contributed by atoms with Crippen LogP contribution in [0.5, 0.6) is 0 Å². The predicted octanol–water partition coefficient (Wildman–Crippen LogP) is 2.09. The summed E-state index contributed by atoms with van der Waals surface area (Å²) in [6, 6.07) is 3.86. The molecule has 0 saturated carbocycles. The molecule has 0 aliphatic rings. The van der Waals surface area contributed by atoms with Crippen LogP contribution in [-0.2, 0) is 11.3 Å². The number of nitrogens with zero attached hydrogens (tertiary/aromatic N) is 3. The highest BCUT2D eigenvalue weighted by Gasteiger charge is 2.11. The van der Waals surface area contributed by atoms with Crippen LogP contribution in [0.3, 0.4) is 0 Å². The van der Waals surface area contributed by atoms with Gasteiger partial charge in [0.2, 0.25) is 5.89 Å². The van der Waals surface area contributed by atoms with Crippen molar-refractivity contribution in [3.8, 4) is 10.8 Å². The van der Waals surface area contributed by atoms with Gasteiger partial charge in [-0.05, 0) is 31.5 Å². The molecule has 0 aliphatic heterocycles. The van der Waals surface area contributed by atoms with Gasteiger partial charge in [0.15, 0.2) is 0 Å². The number of carboxylic acid groups (broad SMARTS) is 1. The van der Waals surface area contributed by atoms with E-state index in [-0.39, 0.29) is 6.42 Å². The number of carbonyl (C=O) groups is 1. The summed E-state index contributed by atoms with van der Waals surface area (Å²) in [5, 5.41) is 18.5. The van der Waals surface area contributed by atoms with Gasteiger partial charge in [0.05, 0.1) is 11.4 Å². The predicted molar refractivity (Wildman–Crippen MR) is 70.8 cm³/mol. The molecule has 0 unspecified atom stereocenters. The summed E-state index contributed by atoms with van der Waals surface area (Å²) in [4.78, 5) is 13.3. The highest BCUT2D eigenvalue weighted by molar-refractivity contribution is 7.13. The van der Waals surface area contributed by atoms with Crippen LogP contribution in [0.2, 0.25) is 0 Å². The second-order valence-corrected chi connectivity index (χ2v) is 5.16. The Hall–Kier alpha value is -1.73. The Morgan fingerprint density at radius 2 is 2.37 bits per heavy atom. The van der Waals surface area contributed by atoms with Crippen molar-refractivity contribution in [2.24, 2.45) is 0 Å². The second-order valence-electron chi connectivity index (χ2n) is 4.21. The SMILES string of the molecule is CN(CCCC(=O)O)Cc1nnc(-c2cccs2)o1. The lowest BCUT2D eigenvalue weighted by molar-refractivity contribution is -0.137. The van der Waals surface area contributed by atoms with Crippen molar-refractivity contribution in [2.75, 3.05) is 13.6 Å². The van der Waals surface area contributed by atoms with E-state index in [0.29, 0.717) is 31.3 Å². The Balaban J connectivity index is 1.84. The van der Waals surface area contributed by atoms with E-state index in [9.17, 15) is 4.79 Å². The molecule has 0 amide bonds. The molecule has 2 heterocycles. The van der Waals surface area contributed by atoms with Crippen molar-refractivity contribution in [1.82, 2.24) is 15.1 Å². The zero-order valence-electron chi connectivity index (χ0n) is 10.6. The molecule has 0 spiro atoms. The minimum absolute atomic E-state index is 0.175. The fourth-order valence-electron chi connectivity index (χ4n) is 1.63. The number of thiophene rings is 1. The molecule has 0 bridgehead atoms. The Morgan fingerprint density at radius 1 is 1.53 bits per heavy atom. The lowest BCUT2D eigenvalue weighted by Crippen LogP contribution is -2.20. The van der Waals surface area contributed by atoms with Gasteiger partial charge in [-0.15, -0.1) is 21.5 Å². The first-order valence-corrected chi connectivity index (χ1v) is 6.79. The van der Waals surface area contributed by atoms with E-state index in [1.54, 1.807) is 11.3 Å². The van der Waals surface area contributed by atoms with Crippen molar-refractivity contribution in [1.29, 1.82) is 0 Å². The minimum Gasteiger partial charge on any atom is -0.481 e. The van der Waals surface area contributed by atoms with Gasteiger partial charge in [-0.2, -0.15) is 0 Å². The number of aliphatic carboxylic acids is 1. The number of rotatable bonds is 7. The lowest BCUT2D eigenvalue weighted by Gasteiger charge is -2.12. The molecule has 0 aromatic carbocycles. The molecular formula is C12H15N3O3S. The molecule has 6 nitrogen and oxygen atoms in total. The molecule has 0 aliphatic carbocycles. The Labute approximate surface area is 114 Å². The van der Waals surface area contributed by atoms with Crippen molar-refractivity contribution in [3.63, 3.8) is 0 Å². The average Bonchev–Trinajstić information content (AvgIpc) is 2.97. The van der Waals surface area contributed by atoms with Crippen LogP contribution in [0.15, 0.2) is 21.9 Å². The average molecular weight is 281 g/mol. The van der Waals surface area contributed by atoms with Crippen LogP contribution < -0.4 is 0 Å². The maximum Gasteiger partial charge on any atom is 0.303 e. The van der Waals surface area contributed by atoms with Gasteiger partial charge in [0, 0.05) is 6.42 Å². The van der Waals surface area contributed by atoms with Gasteiger partial charge in [-0.1, -0.05) is 6.07 Å². The number of aromatic nitrogens is 2. The number of hydrogen-bond donors (Lipinski definition) is 1. The minimum atomic E-state index is -0.772. The van der Waals surface area contributed by atoms with Crippen LogP contribution in [-0.4, -0.2) is 39.8 Å². The molecular weight excluding hydrogens is 266 g/mol. The molecule has 0 saturated heterocycles. The summed E-state index contributed by atoms with van der Waals surface area (Å²) >= 11 is 1.55. The topological polar surface area (TPSA) is 79.5 Å². The molecule has 2 rings (SSSR count). The molecule has 1 N–H and O–H groups in total. The Bertz CT molecular complexity index is 524. The highest BCUT2D eigenvalue weighted by Crippen LogP contribution is 2.23. The second kappa shape index (κ2) is 6.44. The van der Waals surface area contributed by atoms with E-state index >= 15 is 0 Å². The summed E-state index contributed by atoms with van der Waals surface area (Å²) in [5.74, 6) is 0.302. The fourth-order valence-corrected chi connectivity index (χ4v) is 2.27. The zero-order chi connectivity index (χ0) is 13.7. The van der Waals surface area contributed by atoms with E-state index in [2.05, 4.69) is 10.2 Å². The van der Waals surface area contributed by atoms with Gasteiger partial charge >= 0.3 is 5.97 Å². The molecule has 102 valence electrons. The molecule has 2 aromatic rings. The third kappa shape index (κ3) is 4.15. The first kappa shape index (κ1) is 13.7. The van der Waals surface area contributed by atoms with E-state index in [0.717, 1.165) is 4.88 Å². The third-order valence-corrected chi connectivity index (χ3v) is 3.39. The Morgan fingerprint density at radius 3 is 3.05 bits per heavy atom. The van der Waals surface area contributed by atoms with Gasteiger partial charge in [0.1, 0.15) is 0 Å². The number of carboxylic acids is 1. The maximum atomic E-state index is 10.4. The van der Waals surface area contributed by atoms with E-state index in [4.69, 9.17) is 9.52 Å². The van der Waals surface area contributed by atoms with Gasteiger partial charge in [-0.25, -0.2) is 0 Å². The molecule has 0 atom stereocenters. The Kier molecular flexibility index (Phi) is 4.64. The zero-order valence-corrected chi connectivity index (χ0v) is 11.4. The molecule has 0 fully saturated rings. The summed E-state index contributed by atoms with van der Waals surface area (Å²) in [5.41, 5.74) is 0. The largest absolute Gasteiger partial charge is 0.481 e. The van der Waals surface area contributed by atoms with Crippen LogP contribution >= 0.6 is 11.3 Å². The standard InChI is InChI=1S/C12H15N3O3S/c1-15(6-2-5-11(16)17)8-10-13-14-12(18-10)9-4-3-7-19-9/h3-4,7H,2,5-6,8H2,1H3,(H,16,17). The molecule has 2 aromatic heterocycles. The van der Waals surface area contributed by atoms with E-state index in [1.165, 1.54) is 0 Å². The van der Waals surface area contributed by atoms with Gasteiger partial charge in [0.25, 0.3) is 5.89 Å². The van der Waals surface area contributed by atoms with E-state index < -0.39 is 5.97 Å². The maximum absolute atomic E-state index is 10.4. The smallest absolute Gasteiger partial charge is 0.303 e. The van der Waals surface area contributed by atoms with Crippen LogP contribution in [0, 0.1) is 0 Å². The van der Waals surface area contributed by atoms with Crippen LogP contribution in [0.1, 0.15) is 18.7 Å². The highest BCUT2D eigenvalue weighted by atomic mass is 32.1. The number of hydrogen-bond acceptors (Lipinski definition) is 6. The molecule has 7 heteroatoms. The normalized spacial score (nSPS) is 11.1. The van der Waals surface area contributed by atoms with Crippen molar-refractivity contribution < 1.29 is 14.3 Å². The van der Waals surface area contributed by atoms with Crippen LogP contribution in [0.4, 0.5) is 0 Å². The summed E-state index contributed by atoms with van der Waals surface area (Å²) in [6.07, 6.45) is 0.784. The van der Waals surface area contributed by atoms with E-state index in [1.807, 2.05) is 29.5 Å². The van der Waals surface area contributed by atoms with Crippen molar-refractivity contribution in [3.05, 3.63) is 23.4 Å². The lowest BCUT2D eigenvalue weighted by atomic mass is 10.3. The summed E-state index contributed by atoms with van der Waals surface area (Å²) < 4.78 is 5.56. The first-order chi connectivity index (χ1) is 9.15. The first-order valence-electron chi connectivity index (χ1n) is 5.92. The monoisotopic (exact) mass is 281 g/mol. The van der Waals surface area contributed by atoms with Crippen LogP contribution in [0.25, 0.3) is 10.8 Å². The van der Waals surface area contributed by atoms with Crippen molar-refractivity contribution in [2.45, 2.75) is 19.4 Å². The quantitative estimate of drug-likeness (QED) is 0.837. The van der Waals surface area contributed by atoms with Crippen molar-refractivity contribution >= 4 is 17.3 Å². The molecule has 0 radical (unpaired) electrons. The third-order valence-electron chi connectivity index (χ3n) is 2.53.